The summed E-state index contributed by atoms with van der Waals surface area (Å²) in [5.74, 6) is -4.22. The molecule has 6 heteroatoms. The second kappa shape index (κ2) is 4.37. The zero-order valence-electron chi connectivity index (χ0n) is 7.42. The molecule has 0 bridgehead atoms. The first-order valence-corrected chi connectivity index (χ1v) is 3.89. The largest absolute Gasteiger partial charge is 0.505 e. The lowest BCUT2D eigenvalue weighted by Gasteiger charge is -2.04. The molecule has 4 nitrogen and oxygen atoms in total. The van der Waals surface area contributed by atoms with Gasteiger partial charge in [-0.25, -0.2) is 4.39 Å². The van der Waals surface area contributed by atoms with Crippen LogP contribution in [-0.4, -0.2) is 11.0 Å². The van der Waals surface area contributed by atoms with Gasteiger partial charge in [0.15, 0.2) is 17.4 Å². The van der Waals surface area contributed by atoms with Crippen LogP contribution in [0.15, 0.2) is 12.1 Å². The van der Waals surface area contributed by atoms with E-state index in [1.165, 1.54) is 0 Å². The van der Waals surface area contributed by atoms with Gasteiger partial charge in [-0.05, 0) is 0 Å². The van der Waals surface area contributed by atoms with Crippen LogP contribution in [-0.2, 0) is 4.79 Å². The third kappa shape index (κ3) is 2.64. The van der Waals surface area contributed by atoms with Gasteiger partial charge in [-0.15, -0.1) is 0 Å². The highest BCUT2D eigenvalue weighted by Crippen LogP contribution is 2.23. The van der Waals surface area contributed by atoms with Gasteiger partial charge in [-0.2, -0.15) is 9.65 Å². The highest BCUT2D eigenvalue weighted by atomic mass is 19.2. The summed E-state index contributed by atoms with van der Waals surface area (Å²) in [7, 11) is 0. The van der Waals surface area contributed by atoms with Crippen LogP contribution in [0.5, 0.6) is 5.75 Å². The highest BCUT2D eigenvalue weighted by Gasteiger charge is 2.11. The van der Waals surface area contributed by atoms with Crippen molar-refractivity contribution in [2.45, 2.75) is 6.42 Å². The number of nitriles is 1. The number of aromatic hydroxyl groups is 1. The molecule has 2 N–H and O–H groups in total. The number of amides is 1. The molecule has 0 aliphatic carbocycles. The number of nitrogens with zero attached hydrogens (tertiary/aromatic N) is 1. The Morgan fingerprint density at radius 3 is 2.73 bits per heavy atom. The van der Waals surface area contributed by atoms with Crippen LogP contribution in [0.25, 0.3) is 0 Å². The lowest BCUT2D eigenvalue weighted by atomic mass is 10.2. The molecular formula is C9H6F2N2O2. The average molecular weight is 212 g/mol. The molecule has 0 saturated heterocycles. The van der Waals surface area contributed by atoms with Crippen molar-refractivity contribution in [1.29, 1.82) is 5.26 Å². The lowest BCUT2D eigenvalue weighted by molar-refractivity contribution is -0.115. The Hall–Kier alpha value is -2.16. The summed E-state index contributed by atoms with van der Waals surface area (Å²) in [5, 5.41) is 19.2. The van der Waals surface area contributed by atoms with Crippen molar-refractivity contribution in [3.8, 4) is 11.8 Å². The van der Waals surface area contributed by atoms with Gasteiger partial charge >= 0.3 is 0 Å². The van der Waals surface area contributed by atoms with Crippen molar-refractivity contribution in [2.24, 2.45) is 0 Å². The fraction of sp³-hybridized carbons (Fsp3) is 0.111. The maximum Gasteiger partial charge on any atom is 0.238 e. The van der Waals surface area contributed by atoms with E-state index < -0.39 is 29.7 Å². The topological polar surface area (TPSA) is 73.1 Å². The predicted octanol–water partition coefficient (Wildman–Crippen LogP) is 1.52. The molecule has 0 atom stereocenters. The number of phenolic OH excluding ortho intramolecular Hbond substituents is 1. The SMILES string of the molecule is N#CCC(=O)Nc1cc(O)c(F)c(F)c1. The third-order valence-electron chi connectivity index (χ3n) is 1.53. The van der Waals surface area contributed by atoms with Crippen molar-refractivity contribution in [3.63, 3.8) is 0 Å². The molecule has 0 radical (unpaired) electrons. The molecule has 1 rings (SSSR count). The highest BCUT2D eigenvalue weighted by molar-refractivity contribution is 5.92. The number of nitrogens with one attached hydrogen (secondary N) is 1. The minimum absolute atomic E-state index is 0.105. The van der Waals surface area contributed by atoms with E-state index >= 15 is 0 Å². The van der Waals surface area contributed by atoms with Gasteiger partial charge in [0.1, 0.15) is 6.42 Å². The van der Waals surface area contributed by atoms with Crippen molar-refractivity contribution < 1.29 is 18.7 Å². The van der Waals surface area contributed by atoms with Crippen LogP contribution in [0.4, 0.5) is 14.5 Å². The molecule has 0 heterocycles. The van der Waals surface area contributed by atoms with Gasteiger partial charge in [0.2, 0.25) is 5.91 Å². The molecule has 0 aromatic heterocycles. The monoisotopic (exact) mass is 212 g/mol. The second-order valence-electron chi connectivity index (χ2n) is 2.67. The maximum atomic E-state index is 12.7. The number of hydrogen-bond donors (Lipinski definition) is 2. The van der Waals surface area contributed by atoms with Crippen LogP contribution >= 0.6 is 0 Å². The molecule has 1 aromatic rings. The van der Waals surface area contributed by atoms with E-state index in [1.807, 2.05) is 0 Å². The van der Waals surface area contributed by atoms with Crippen LogP contribution in [0.3, 0.4) is 0 Å². The summed E-state index contributed by atoms with van der Waals surface area (Å²) in [6.45, 7) is 0. The Morgan fingerprint density at radius 1 is 1.53 bits per heavy atom. The zero-order chi connectivity index (χ0) is 11.4. The predicted molar refractivity (Wildman–Crippen MR) is 46.9 cm³/mol. The molecule has 0 aliphatic rings. The van der Waals surface area contributed by atoms with Crippen LogP contribution in [0.2, 0.25) is 0 Å². The number of phenols is 1. The van der Waals surface area contributed by atoms with Crippen LogP contribution in [0, 0.1) is 23.0 Å². The normalized spacial score (nSPS) is 9.40. The van der Waals surface area contributed by atoms with E-state index in [4.69, 9.17) is 10.4 Å². The minimum atomic E-state index is -1.38. The molecule has 78 valence electrons. The molecule has 1 aromatic carbocycles. The van der Waals surface area contributed by atoms with E-state index in [0.717, 1.165) is 6.07 Å². The molecule has 0 fully saturated rings. The van der Waals surface area contributed by atoms with Gasteiger partial charge in [-0.3, -0.25) is 4.79 Å². The Labute approximate surface area is 83.8 Å². The molecule has 15 heavy (non-hydrogen) atoms. The van der Waals surface area contributed by atoms with Crippen molar-refractivity contribution in [2.75, 3.05) is 5.32 Å². The summed E-state index contributed by atoms with van der Waals surface area (Å²) in [6.07, 6.45) is -0.403. The van der Waals surface area contributed by atoms with Gasteiger partial charge < -0.3 is 10.4 Å². The Balaban J connectivity index is 2.89. The second-order valence-corrected chi connectivity index (χ2v) is 2.67. The van der Waals surface area contributed by atoms with Gasteiger partial charge in [0.25, 0.3) is 0 Å². The summed E-state index contributed by atoms with van der Waals surface area (Å²) in [5.41, 5.74) is -0.105. The van der Waals surface area contributed by atoms with E-state index in [-0.39, 0.29) is 5.69 Å². The molecule has 1 amide bonds. The standard InChI is InChI=1S/C9H6F2N2O2/c10-6-3-5(4-7(14)9(6)11)13-8(15)1-2-12/h3-4,14H,1H2,(H,13,15). The fourth-order valence-corrected chi connectivity index (χ4v) is 0.924. The van der Waals surface area contributed by atoms with Crippen LogP contribution in [0.1, 0.15) is 6.42 Å². The quantitative estimate of drug-likeness (QED) is 0.780. The van der Waals surface area contributed by atoms with E-state index in [9.17, 15) is 13.6 Å². The Kier molecular flexibility index (Phi) is 3.18. The zero-order valence-corrected chi connectivity index (χ0v) is 7.42. The number of carbonyl (C=O) groups excluding carboxylic acids is 1. The average Bonchev–Trinajstić information content (AvgIpc) is 2.14. The van der Waals surface area contributed by atoms with E-state index in [2.05, 4.69) is 5.32 Å². The first kappa shape index (κ1) is 10.9. The Bertz CT molecular complexity index is 417. The van der Waals surface area contributed by atoms with Gasteiger partial charge in [0, 0.05) is 17.8 Å². The molecule has 0 aliphatic heterocycles. The number of benzene rings is 1. The Morgan fingerprint density at radius 2 is 2.20 bits per heavy atom. The van der Waals surface area contributed by atoms with E-state index in [1.54, 1.807) is 6.07 Å². The van der Waals surface area contributed by atoms with Crippen molar-refractivity contribution in [1.82, 2.24) is 0 Å². The summed E-state index contributed by atoms with van der Waals surface area (Å²) >= 11 is 0. The van der Waals surface area contributed by atoms with Gasteiger partial charge in [0.05, 0.1) is 6.07 Å². The van der Waals surface area contributed by atoms with Crippen molar-refractivity contribution >= 4 is 11.6 Å². The fourth-order valence-electron chi connectivity index (χ4n) is 0.924. The number of anilines is 1. The lowest BCUT2D eigenvalue weighted by Crippen LogP contribution is -2.10. The van der Waals surface area contributed by atoms with Gasteiger partial charge in [-0.1, -0.05) is 0 Å². The molecule has 0 saturated carbocycles. The molecule has 0 unspecified atom stereocenters. The number of hydrogen-bond acceptors (Lipinski definition) is 3. The third-order valence-corrected chi connectivity index (χ3v) is 1.53. The summed E-state index contributed by atoms with van der Waals surface area (Å²) in [6, 6.07) is 3.15. The maximum absolute atomic E-state index is 12.7. The molecule has 0 spiro atoms. The first-order chi connectivity index (χ1) is 7.04. The minimum Gasteiger partial charge on any atom is -0.505 e. The van der Waals surface area contributed by atoms with Crippen molar-refractivity contribution in [3.05, 3.63) is 23.8 Å². The number of carbonyl (C=O) groups is 1. The smallest absolute Gasteiger partial charge is 0.238 e. The van der Waals surface area contributed by atoms with E-state index in [0.29, 0.717) is 6.07 Å². The molecular weight excluding hydrogens is 206 g/mol. The summed E-state index contributed by atoms with van der Waals surface area (Å²) < 4.78 is 25.3. The summed E-state index contributed by atoms with van der Waals surface area (Å²) in [4.78, 5) is 10.9. The number of halogens is 2. The number of rotatable bonds is 2. The van der Waals surface area contributed by atoms with Crippen LogP contribution < -0.4 is 5.32 Å². The first-order valence-electron chi connectivity index (χ1n) is 3.89.